The molecule has 1 aromatic heterocycles. The van der Waals surface area contributed by atoms with Crippen LogP contribution in [0.4, 0.5) is 13.2 Å². The number of nitrogens with zero attached hydrogens (tertiary/aromatic N) is 2. The van der Waals surface area contributed by atoms with Gasteiger partial charge in [0.05, 0.1) is 12.7 Å². The second kappa shape index (κ2) is 8.01. The molecule has 1 aromatic carbocycles. The number of nitrogens with one attached hydrogen (secondary N) is 1. The molecule has 9 heteroatoms. The van der Waals surface area contributed by atoms with Crippen LogP contribution in [-0.4, -0.2) is 29.5 Å². The van der Waals surface area contributed by atoms with Crippen LogP contribution in [0.25, 0.3) is 0 Å². The normalized spacial score (nSPS) is 19.1. The first-order valence-corrected chi connectivity index (χ1v) is 8.35. The summed E-state index contributed by atoms with van der Waals surface area (Å²) in [7, 11) is 0. The molecule has 0 saturated carbocycles. The number of aromatic nitrogens is 1. The Morgan fingerprint density at radius 2 is 2.17 bits per heavy atom. The van der Waals surface area contributed by atoms with Crippen LogP contribution in [0.1, 0.15) is 21.5 Å². The molecule has 1 N–H and O–H groups in total. The maximum atomic E-state index is 12.7. The minimum atomic E-state index is -4.33. The van der Waals surface area contributed by atoms with Crippen molar-refractivity contribution in [2.45, 2.75) is 18.8 Å². The lowest BCUT2D eigenvalue weighted by Gasteiger charge is -2.36. The molecule has 0 aliphatic carbocycles. The van der Waals surface area contributed by atoms with Crippen molar-refractivity contribution in [1.82, 2.24) is 15.2 Å². The molecule has 0 spiro atoms. The van der Waals surface area contributed by atoms with Crippen LogP contribution in [0.2, 0.25) is 5.02 Å². The van der Waals surface area contributed by atoms with Gasteiger partial charge in [-0.1, -0.05) is 23.7 Å². The van der Waals surface area contributed by atoms with E-state index in [-0.39, 0.29) is 18.4 Å². The highest BCUT2D eigenvalue weighted by Crippen LogP contribution is 2.34. The second-order valence-corrected chi connectivity index (χ2v) is 6.91. The van der Waals surface area contributed by atoms with E-state index in [4.69, 9.17) is 11.6 Å². The number of rotatable bonds is 3. The quantitative estimate of drug-likeness (QED) is 0.832. The second-order valence-electron chi connectivity index (χ2n) is 5.36. The van der Waals surface area contributed by atoms with Crippen molar-refractivity contribution in [1.29, 1.82) is 0 Å². The van der Waals surface area contributed by atoms with E-state index in [9.17, 15) is 13.2 Å². The minimum absolute atomic E-state index is 0. The molecule has 0 amide bonds. The number of halogens is 5. The van der Waals surface area contributed by atoms with Gasteiger partial charge in [0.2, 0.25) is 0 Å². The van der Waals surface area contributed by atoms with Gasteiger partial charge in [-0.3, -0.25) is 4.90 Å². The van der Waals surface area contributed by atoms with Crippen molar-refractivity contribution in [3.63, 3.8) is 0 Å². The van der Waals surface area contributed by atoms with E-state index in [0.717, 1.165) is 31.4 Å². The Morgan fingerprint density at radius 3 is 2.83 bits per heavy atom. The van der Waals surface area contributed by atoms with Gasteiger partial charge in [-0.15, -0.1) is 23.7 Å². The van der Waals surface area contributed by atoms with Gasteiger partial charge in [-0.25, -0.2) is 4.98 Å². The van der Waals surface area contributed by atoms with Crippen molar-refractivity contribution < 1.29 is 13.2 Å². The Bertz CT molecular complexity index is 678. The number of piperazine rings is 1. The van der Waals surface area contributed by atoms with E-state index in [1.807, 2.05) is 24.3 Å². The molecule has 1 aliphatic rings. The summed E-state index contributed by atoms with van der Waals surface area (Å²) in [4.78, 5) is 5.42. The topological polar surface area (TPSA) is 28.2 Å². The fraction of sp³-hybridized carbons (Fsp3) is 0.400. The third-order valence-corrected chi connectivity index (χ3v) is 5.02. The summed E-state index contributed by atoms with van der Waals surface area (Å²) in [5.74, 6) is 0. The largest absolute Gasteiger partial charge is 0.427 e. The number of benzene rings is 1. The van der Waals surface area contributed by atoms with Crippen molar-refractivity contribution in [2.75, 3.05) is 19.6 Å². The Hall–Kier alpha value is -0.860. The van der Waals surface area contributed by atoms with Gasteiger partial charge >= 0.3 is 6.18 Å². The molecule has 132 valence electrons. The Labute approximate surface area is 153 Å². The monoisotopic (exact) mass is 397 g/mol. The molecule has 1 unspecified atom stereocenters. The molecule has 0 radical (unpaired) electrons. The van der Waals surface area contributed by atoms with Crippen LogP contribution < -0.4 is 5.32 Å². The minimum Gasteiger partial charge on any atom is -0.314 e. The Kier molecular flexibility index (Phi) is 6.50. The smallest absolute Gasteiger partial charge is 0.314 e. The summed E-state index contributed by atoms with van der Waals surface area (Å²) in [5.41, 5.74) is 1.05. The molecule has 2 heterocycles. The van der Waals surface area contributed by atoms with Crippen LogP contribution in [0.5, 0.6) is 0 Å². The molecule has 3 rings (SSSR count). The van der Waals surface area contributed by atoms with Crippen molar-refractivity contribution in [3.8, 4) is 0 Å². The van der Waals surface area contributed by atoms with Gasteiger partial charge in [0.1, 0.15) is 9.88 Å². The zero-order chi connectivity index (χ0) is 16.4. The van der Waals surface area contributed by atoms with Crippen molar-refractivity contribution >= 4 is 35.3 Å². The predicted molar refractivity (Wildman–Crippen MR) is 91.8 cm³/mol. The highest BCUT2D eigenvalue weighted by Gasteiger charge is 2.34. The predicted octanol–water partition coefficient (Wildman–Crippen LogP) is 4.38. The van der Waals surface area contributed by atoms with Gasteiger partial charge in [0, 0.05) is 30.7 Å². The first-order chi connectivity index (χ1) is 10.9. The molecule has 3 nitrogen and oxygen atoms in total. The molecular weight excluding hydrogens is 382 g/mol. The average Bonchev–Trinajstić information content (AvgIpc) is 2.96. The molecule has 1 aliphatic heterocycles. The van der Waals surface area contributed by atoms with E-state index in [1.165, 1.54) is 0 Å². The number of hydrogen-bond acceptors (Lipinski definition) is 4. The van der Waals surface area contributed by atoms with E-state index in [1.54, 1.807) is 0 Å². The maximum Gasteiger partial charge on any atom is 0.427 e. The maximum absolute atomic E-state index is 12.7. The SMILES string of the molecule is Cl.FC(F)(F)c1cnc(CN2CCNCC2c2cccc(Cl)c2)s1. The lowest BCUT2D eigenvalue weighted by atomic mass is 10.0. The molecule has 1 saturated heterocycles. The van der Waals surface area contributed by atoms with E-state index >= 15 is 0 Å². The standard InChI is InChI=1S/C15H15ClF3N3S.ClH/c16-11-3-1-2-10(6-11)12-7-20-4-5-22(12)9-14-21-8-13(23-14)15(17,18)19;/h1-3,6,8,12,20H,4-5,7,9H2;1H. The van der Waals surface area contributed by atoms with Crippen LogP contribution in [0.15, 0.2) is 30.5 Å². The van der Waals surface area contributed by atoms with Gasteiger partial charge in [0.25, 0.3) is 0 Å². The Balaban J connectivity index is 0.00000208. The number of hydrogen-bond donors (Lipinski definition) is 1. The van der Waals surface area contributed by atoms with Crippen LogP contribution in [0, 0.1) is 0 Å². The van der Waals surface area contributed by atoms with Crippen LogP contribution >= 0.6 is 35.3 Å². The van der Waals surface area contributed by atoms with Gasteiger partial charge in [-0.05, 0) is 17.7 Å². The van der Waals surface area contributed by atoms with Crippen LogP contribution in [-0.2, 0) is 12.7 Å². The fourth-order valence-electron chi connectivity index (χ4n) is 2.67. The summed E-state index contributed by atoms with van der Waals surface area (Å²) in [6.45, 7) is 2.68. The molecule has 1 atom stereocenters. The molecule has 0 bridgehead atoms. The summed E-state index contributed by atoms with van der Waals surface area (Å²) in [6, 6.07) is 7.65. The number of thiazole rings is 1. The first-order valence-electron chi connectivity index (χ1n) is 7.15. The zero-order valence-electron chi connectivity index (χ0n) is 12.5. The molecule has 2 aromatic rings. The van der Waals surface area contributed by atoms with E-state index < -0.39 is 11.1 Å². The fourth-order valence-corrected chi connectivity index (χ4v) is 3.68. The van der Waals surface area contributed by atoms with E-state index in [0.29, 0.717) is 27.9 Å². The third-order valence-electron chi connectivity index (χ3n) is 3.76. The van der Waals surface area contributed by atoms with Crippen molar-refractivity contribution in [2.24, 2.45) is 0 Å². The van der Waals surface area contributed by atoms with E-state index in [2.05, 4.69) is 15.2 Å². The Morgan fingerprint density at radius 1 is 1.38 bits per heavy atom. The summed E-state index contributed by atoms with van der Waals surface area (Å²) in [5, 5.41) is 4.45. The summed E-state index contributed by atoms with van der Waals surface area (Å²) >= 11 is 6.76. The highest BCUT2D eigenvalue weighted by molar-refractivity contribution is 7.11. The molecule has 24 heavy (non-hydrogen) atoms. The van der Waals surface area contributed by atoms with Gasteiger partial charge < -0.3 is 5.32 Å². The van der Waals surface area contributed by atoms with Crippen LogP contribution in [0.3, 0.4) is 0 Å². The number of alkyl halides is 3. The average molecular weight is 398 g/mol. The summed E-state index contributed by atoms with van der Waals surface area (Å²) in [6.07, 6.45) is -3.41. The van der Waals surface area contributed by atoms with Crippen molar-refractivity contribution in [3.05, 3.63) is 50.9 Å². The summed E-state index contributed by atoms with van der Waals surface area (Å²) < 4.78 is 38.1. The first kappa shape index (κ1) is 19.5. The molecule has 1 fully saturated rings. The van der Waals surface area contributed by atoms with Gasteiger partial charge in [-0.2, -0.15) is 13.2 Å². The third kappa shape index (κ3) is 4.61. The highest BCUT2D eigenvalue weighted by atomic mass is 35.5. The molecular formula is C15H16Cl2F3N3S. The zero-order valence-corrected chi connectivity index (χ0v) is 14.9. The lowest BCUT2D eigenvalue weighted by molar-refractivity contribution is -0.134. The lowest BCUT2D eigenvalue weighted by Crippen LogP contribution is -2.45. The van der Waals surface area contributed by atoms with Gasteiger partial charge in [0.15, 0.2) is 0 Å².